The molecule has 1 aliphatic rings. The van der Waals surface area contributed by atoms with E-state index in [-0.39, 0.29) is 24.3 Å². The number of aryl methyl sites for hydroxylation is 2. The van der Waals surface area contributed by atoms with Gasteiger partial charge in [0.05, 0.1) is 6.54 Å². The predicted octanol–water partition coefficient (Wildman–Crippen LogP) is 2.36. The van der Waals surface area contributed by atoms with Crippen LogP contribution >= 0.6 is 0 Å². The van der Waals surface area contributed by atoms with Crippen LogP contribution in [0.3, 0.4) is 0 Å². The molecule has 0 bridgehead atoms. The molecule has 2 atom stereocenters. The van der Waals surface area contributed by atoms with E-state index in [4.69, 9.17) is 0 Å². The van der Waals surface area contributed by atoms with Crippen LogP contribution < -0.4 is 5.32 Å². The molecule has 0 aliphatic heterocycles. The molecule has 1 saturated carbocycles. The van der Waals surface area contributed by atoms with Gasteiger partial charge < -0.3 is 10.2 Å². The molecule has 0 heterocycles. The molecule has 0 spiro atoms. The molecule has 0 radical (unpaired) electrons. The van der Waals surface area contributed by atoms with Crippen molar-refractivity contribution in [2.24, 2.45) is 11.8 Å². The summed E-state index contributed by atoms with van der Waals surface area (Å²) in [6, 6.07) is 5.93. The van der Waals surface area contributed by atoms with Gasteiger partial charge in [-0.3, -0.25) is 9.59 Å². The highest BCUT2D eigenvalue weighted by Crippen LogP contribution is 2.38. The molecule has 2 amide bonds. The zero-order valence-corrected chi connectivity index (χ0v) is 12.6. The van der Waals surface area contributed by atoms with Gasteiger partial charge in [-0.2, -0.15) is 0 Å². The summed E-state index contributed by atoms with van der Waals surface area (Å²) in [6.07, 6.45) is 0.946. The number of amides is 2. The van der Waals surface area contributed by atoms with Gasteiger partial charge in [0, 0.05) is 18.7 Å². The highest BCUT2D eigenvalue weighted by molar-refractivity contribution is 5.95. The number of nitrogens with zero attached hydrogens (tertiary/aromatic N) is 1. The van der Waals surface area contributed by atoms with Crippen LogP contribution in [0.4, 0.5) is 5.69 Å². The first kappa shape index (κ1) is 14.6. The molecule has 2 rings (SSSR count). The summed E-state index contributed by atoms with van der Waals surface area (Å²) in [5.41, 5.74) is 2.94. The second kappa shape index (κ2) is 5.65. The van der Waals surface area contributed by atoms with Crippen molar-refractivity contribution in [3.05, 3.63) is 29.3 Å². The lowest BCUT2D eigenvalue weighted by Crippen LogP contribution is -2.36. The Morgan fingerprint density at radius 3 is 2.60 bits per heavy atom. The Kier molecular flexibility index (Phi) is 4.12. The van der Waals surface area contributed by atoms with Gasteiger partial charge in [-0.15, -0.1) is 0 Å². The summed E-state index contributed by atoms with van der Waals surface area (Å²) in [7, 11) is 1.69. The molecular weight excluding hydrogens is 252 g/mol. The number of carbonyl (C=O) groups is 2. The van der Waals surface area contributed by atoms with Crippen molar-refractivity contribution in [3.8, 4) is 0 Å². The zero-order chi connectivity index (χ0) is 14.9. The number of likely N-dealkylation sites (N-methyl/N-ethyl adjacent to an activating group) is 1. The summed E-state index contributed by atoms with van der Waals surface area (Å²) in [5.74, 6) is 0.511. The summed E-state index contributed by atoms with van der Waals surface area (Å²) >= 11 is 0. The minimum atomic E-state index is -0.150. The van der Waals surface area contributed by atoms with Crippen LogP contribution in [0, 0.1) is 25.7 Å². The van der Waals surface area contributed by atoms with Gasteiger partial charge in [0.1, 0.15) is 0 Å². The second-order valence-corrected chi connectivity index (χ2v) is 5.88. The highest BCUT2D eigenvalue weighted by atomic mass is 16.2. The van der Waals surface area contributed by atoms with Gasteiger partial charge in [0.2, 0.25) is 11.8 Å². The lowest BCUT2D eigenvalue weighted by atomic mass is 10.1. The maximum atomic E-state index is 12.0. The molecule has 20 heavy (non-hydrogen) atoms. The molecule has 1 aliphatic carbocycles. The quantitative estimate of drug-likeness (QED) is 0.916. The van der Waals surface area contributed by atoms with Gasteiger partial charge in [0.25, 0.3) is 0 Å². The average molecular weight is 274 g/mol. The van der Waals surface area contributed by atoms with E-state index in [1.54, 1.807) is 7.05 Å². The summed E-state index contributed by atoms with van der Waals surface area (Å²) in [5, 5.41) is 2.87. The third kappa shape index (κ3) is 3.38. The predicted molar refractivity (Wildman–Crippen MR) is 79.5 cm³/mol. The van der Waals surface area contributed by atoms with Crippen LogP contribution in [0.2, 0.25) is 0 Å². The Morgan fingerprint density at radius 1 is 1.35 bits per heavy atom. The van der Waals surface area contributed by atoms with Gasteiger partial charge in [-0.1, -0.05) is 19.1 Å². The first-order valence-corrected chi connectivity index (χ1v) is 7.00. The van der Waals surface area contributed by atoms with Crippen molar-refractivity contribution in [1.82, 2.24) is 4.90 Å². The SMILES string of the molecule is Cc1ccc(C)c(NC(=O)CN(C)C(=O)[C@@H]2C[C@H]2C)c1. The number of hydrogen-bond acceptors (Lipinski definition) is 2. The van der Waals surface area contributed by atoms with Gasteiger partial charge in [0.15, 0.2) is 0 Å². The van der Waals surface area contributed by atoms with E-state index < -0.39 is 0 Å². The summed E-state index contributed by atoms with van der Waals surface area (Å²) < 4.78 is 0. The fourth-order valence-electron chi connectivity index (χ4n) is 2.30. The maximum absolute atomic E-state index is 12.0. The monoisotopic (exact) mass is 274 g/mol. The Bertz CT molecular complexity index is 539. The Hall–Kier alpha value is -1.84. The fraction of sp³-hybridized carbons (Fsp3) is 0.500. The molecule has 1 fully saturated rings. The lowest BCUT2D eigenvalue weighted by Gasteiger charge is -2.17. The Balaban J connectivity index is 1.92. The minimum Gasteiger partial charge on any atom is -0.336 e. The lowest BCUT2D eigenvalue weighted by molar-refractivity contribution is -0.134. The fourth-order valence-corrected chi connectivity index (χ4v) is 2.30. The van der Waals surface area contributed by atoms with Crippen molar-refractivity contribution in [2.45, 2.75) is 27.2 Å². The molecule has 4 nitrogen and oxygen atoms in total. The number of anilines is 1. The van der Waals surface area contributed by atoms with E-state index in [0.29, 0.717) is 5.92 Å². The summed E-state index contributed by atoms with van der Waals surface area (Å²) in [4.78, 5) is 25.5. The molecule has 1 aromatic carbocycles. The van der Waals surface area contributed by atoms with E-state index in [0.717, 1.165) is 23.2 Å². The molecule has 4 heteroatoms. The maximum Gasteiger partial charge on any atom is 0.243 e. The number of hydrogen-bond donors (Lipinski definition) is 1. The van der Waals surface area contributed by atoms with E-state index in [2.05, 4.69) is 12.2 Å². The number of rotatable bonds is 4. The van der Waals surface area contributed by atoms with E-state index in [9.17, 15) is 9.59 Å². The number of carbonyl (C=O) groups excluding carboxylic acids is 2. The number of benzene rings is 1. The molecule has 108 valence electrons. The van der Waals surface area contributed by atoms with Crippen LogP contribution in [0.25, 0.3) is 0 Å². The first-order valence-electron chi connectivity index (χ1n) is 7.00. The van der Waals surface area contributed by atoms with Crippen molar-refractivity contribution in [2.75, 3.05) is 18.9 Å². The van der Waals surface area contributed by atoms with Crippen LogP contribution in [-0.4, -0.2) is 30.3 Å². The second-order valence-electron chi connectivity index (χ2n) is 5.88. The van der Waals surface area contributed by atoms with Crippen LogP contribution in [-0.2, 0) is 9.59 Å². The number of nitrogens with one attached hydrogen (secondary N) is 1. The van der Waals surface area contributed by atoms with Crippen molar-refractivity contribution in [3.63, 3.8) is 0 Å². The third-order valence-electron chi connectivity index (χ3n) is 3.85. The minimum absolute atomic E-state index is 0.0774. The Morgan fingerprint density at radius 2 is 2.00 bits per heavy atom. The van der Waals surface area contributed by atoms with Crippen LogP contribution in [0.15, 0.2) is 18.2 Å². The van der Waals surface area contributed by atoms with Crippen LogP contribution in [0.1, 0.15) is 24.5 Å². The smallest absolute Gasteiger partial charge is 0.243 e. The van der Waals surface area contributed by atoms with Crippen molar-refractivity contribution in [1.29, 1.82) is 0 Å². The topological polar surface area (TPSA) is 49.4 Å². The van der Waals surface area contributed by atoms with E-state index in [1.807, 2.05) is 32.0 Å². The highest BCUT2D eigenvalue weighted by Gasteiger charge is 2.40. The van der Waals surface area contributed by atoms with Gasteiger partial charge >= 0.3 is 0 Å². The van der Waals surface area contributed by atoms with Gasteiger partial charge in [-0.05, 0) is 43.4 Å². The normalized spacial score (nSPS) is 20.4. The largest absolute Gasteiger partial charge is 0.336 e. The van der Waals surface area contributed by atoms with E-state index >= 15 is 0 Å². The molecule has 0 unspecified atom stereocenters. The molecule has 1 aromatic rings. The molecule has 0 saturated heterocycles. The standard InChI is InChI=1S/C16H22N2O2/c1-10-5-6-11(2)14(7-10)17-15(19)9-18(4)16(20)13-8-12(13)3/h5-7,12-13H,8-9H2,1-4H3,(H,17,19)/t12-,13-/m1/s1. The average Bonchev–Trinajstić information content (AvgIpc) is 3.10. The van der Waals surface area contributed by atoms with E-state index in [1.165, 1.54) is 4.90 Å². The molecule has 0 aromatic heterocycles. The van der Waals surface area contributed by atoms with Crippen molar-refractivity contribution >= 4 is 17.5 Å². The Labute approximate surface area is 120 Å². The zero-order valence-electron chi connectivity index (χ0n) is 12.6. The van der Waals surface area contributed by atoms with Crippen molar-refractivity contribution < 1.29 is 9.59 Å². The van der Waals surface area contributed by atoms with Crippen LogP contribution in [0.5, 0.6) is 0 Å². The van der Waals surface area contributed by atoms with Gasteiger partial charge in [-0.25, -0.2) is 0 Å². The first-order chi connectivity index (χ1) is 9.38. The summed E-state index contributed by atoms with van der Waals surface area (Å²) in [6.45, 7) is 6.11. The molecular formula is C16H22N2O2. The molecule has 1 N–H and O–H groups in total. The third-order valence-corrected chi connectivity index (χ3v) is 3.85.